The second kappa shape index (κ2) is 3.57. The van der Waals surface area contributed by atoms with Gasteiger partial charge in [0.25, 0.3) is 0 Å². The quantitative estimate of drug-likeness (QED) is 0.729. The number of aliphatic hydroxyl groups is 2. The zero-order chi connectivity index (χ0) is 10.8. The second-order valence-electron chi connectivity index (χ2n) is 3.18. The molecule has 0 saturated heterocycles. The summed E-state index contributed by atoms with van der Waals surface area (Å²) in [5.74, 6) is -0.824. The molecule has 0 aliphatic heterocycles. The Morgan fingerprint density at radius 1 is 1.20 bits per heavy atom. The number of carbonyl (C=O) groups is 1. The number of aromatic nitrogens is 1. The predicted octanol–water partition coefficient (Wildman–Crippen LogP) is 1.77. The zero-order valence-corrected chi connectivity index (χ0v) is 7.84. The van der Waals surface area contributed by atoms with Crippen molar-refractivity contribution >= 4 is 11.4 Å². The first-order valence-corrected chi connectivity index (χ1v) is 4.46. The van der Waals surface area contributed by atoms with Gasteiger partial charge in [0, 0.05) is 18.8 Å². The van der Waals surface area contributed by atoms with E-state index in [4.69, 9.17) is 0 Å². The molecule has 76 valence electrons. The summed E-state index contributed by atoms with van der Waals surface area (Å²) < 4.78 is 0. The normalized spacial score (nSPS) is 16.5. The van der Waals surface area contributed by atoms with Crippen LogP contribution in [-0.4, -0.2) is 21.0 Å². The second-order valence-corrected chi connectivity index (χ2v) is 3.18. The lowest BCUT2D eigenvalue weighted by atomic mass is 9.95. The van der Waals surface area contributed by atoms with Gasteiger partial charge in [0.1, 0.15) is 0 Å². The lowest BCUT2D eigenvalue weighted by Crippen LogP contribution is -2.10. The third-order valence-corrected chi connectivity index (χ3v) is 2.21. The highest BCUT2D eigenvalue weighted by Crippen LogP contribution is 2.26. The molecule has 0 atom stereocenters. The molecule has 2 rings (SSSR count). The van der Waals surface area contributed by atoms with Gasteiger partial charge in [-0.1, -0.05) is 0 Å². The largest absolute Gasteiger partial charge is 0.504 e. The summed E-state index contributed by atoms with van der Waals surface area (Å²) in [6, 6.07) is 3.23. The fraction of sp³-hybridized carbons (Fsp3) is 0.0909. The van der Waals surface area contributed by atoms with E-state index in [-0.39, 0.29) is 29.3 Å². The Kier molecular flexibility index (Phi) is 2.25. The van der Waals surface area contributed by atoms with Crippen molar-refractivity contribution in [3.8, 4) is 0 Å². The Bertz CT molecular complexity index is 460. The molecule has 1 aromatic rings. The number of carbonyl (C=O) groups excluding carboxylic acids is 1. The molecule has 0 amide bonds. The van der Waals surface area contributed by atoms with Crippen molar-refractivity contribution in [3.63, 3.8) is 0 Å². The summed E-state index contributed by atoms with van der Waals surface area (Å²) in [6.07, 6.45) is 4.45. The highest BCUT2D eigenvalue weighted by molar-refractivity contribution is 6.23. The maximum absolute atomic E-state index is 11.6. The average Bonchev–Trinajstić information content (AvgIpc) is 2.26. The van der Waals surface area contributed by atoms with Crippen molar-refractivity contribution in [1.82, 2.24) is 4.98 Å². The van der Waals surface area contributed by atoms with Gasteiger partial charge in [-0.3, -0.25) is 9.78 Å². The van der Waals surface area contributed by atoms with Crippen molar-refractivity contribution < 1.29 is 15.0 Å². The molecular formula is C11H9NO3. The number of hydrogen-bond acceptors (Lipinski definition) is 4. The molecule has 0 fully saturated rings. The molecule has 1 aliphatic rings. The molecule has 0 bridgehead atoms. The lowest BCUT2D eigenvalue weighted by molar-refractivity contribution is -0.113. The van der Waals surface area contributed by atoms with Crippen LogP contribution in [0.5, 0.6) is 0 Å². The minimum atomic E-state index is -0.363. The van der Waals surface area contributed by atoms with Crippen LogP contribution in [0.3, 0.4) is 0 Å². The van der Waals surface area contributed by atoms with Gasteiger partial charge in [-0.15, -0.1) is 0 Å². The summed E-state index contributed by atoms with van der Waals surface area (Å²) >= 11 is 0. The molecule has 2 N–H and O–H groups in total. The fourth-order valence-corrected chi connectivity index (χ4v) is 1.46. The lowest BCUT2D eigenvalue weighted by Gasteiger charge is -2.12. The van der Waals surface area contributed by atoms with Crippen molar-refractivity contribution in [3.05, 3.63) is 47.7 Å². The van der Waals surface area contributed by atoms with Crippen molar-refractivity contribution in [2.45, 2.75) is 6.42 Å². The highest BCUT2D eigenvalue weighted by atomic mass is 16.3. The molecule has 4 nitrogen and oxygen atoms in total. The van der Waals surface area contributed by atoms with E-state index in [1.807, 2.05) is 0 Å². The van der Waals surface area contributed by atoms with Crippen LogP contribution in [0.4, 0.5) is 0 Å². The first-order valence-electron chi connectivity index (χ1n) is 4.46. The smallest absolute Gasteiger partial charge is 0.171 e. The van der Waals surface area contributed by atoms with Gasteiger partial charge in [-0.25, -0.2) is 0 Å². The molecule has 0 unspecified atom stereocenters. The summed E-state index contributed by atoms with van der Waals surface area (Å²) in [4.78, 5) is 15.4. The van der Waals surface area contributed by atoms with Crippen molar-refractivity contribution in [1.29, 1.82) is 0 Å². The summed E-state index contributed by atoms with van der Waals surface area (Å²) in [7, 11) is 0. The van der Waals surface area contributed by atoms with Crippen molar-refractivity contribution in [2.75, 3.05) is 0 Å². The van der Waals surface area contributed by atoms with E-state index < -0.39 is 0 Å². The molecule has 1 heterocycles. The first kappa shape index (κ1) is 9.45. The standard InChI is InChI=1S/C11H9NO3/c13-8-1-2-9(14)11(15)10(8)7-3-5-12-6-4-7/h2-6,14-15H,1H2. The van der Waals surface area contributed by atoms with E-state index in [9.17, 15) is 15.0 Å². The highest BCUT2D eigenvalue weighted by Gasteiger charge is 2.22. The number of pyridine rings is 1. The maximum atomic E-state index is 11.6. The Morgan fingerprint density at radius 3 is 2.53 bits per heavy atom. The number of Topliss-reactive ketones (excluding diaryl/α,β-unsaturated/α-hetero) is 1. The first-order chi connectivity index (χ1) is 7.20. The van der Waals surface area contributed by atoms with Crippen LogP contribution < -0.4 is 0 Å². The Morgan fingerprint density at radius 2 is 1.87 bits per heavy atom. The topological polar surface area (TPSA) is 70.4 Å². The molecule has 0 saturated carbocycles. The SMILES string of the molecule is O=C1CC=C(O)C(O)=C1c1ccncc1. The van der Waals surface area contributed by atoms with Crippen molar-refractivity contribution in [2.24, 2.45) is 0 Å². The van der Waals surface area contributed by atoms with Gasteiger partial charge in [0.2, 0.25) is 0 Å². The Labute approximate surface area is 86.2 Å². The predicted molar refractivity (Wildman–Crippen MR) is 54.1 cm³/mol. The summed E-state index contributed by atoms with van der Waals surface area (Å²) in [6.45, 7) is 0. The minimum absolute atomic E-state index is 0.105. The monoisotopic (exact) mass is 203 g/mol. The van der Waals surface area contributed by atoms with Crippen LogP contribution in [0.25, 0.3) is 5.57 Å². The molecule has 4 heteroatoms. The van der Waals surface area contributed by atoms with Gasteiger partial charge in [0.15, 0.2) is 17.3 Å². The van der Waals surface area contributed by atoms with Crippen LogP contribution in [0.2, 0.25) is 0 Å². The third kappa shape index (κ3) is 1.61. The number of aliphatic hydroxyl groups excluding tert-OH is 2. The molecule has 1 aliphatic carbocycles. The van der Waals surface area contributed by atoms with Crippen LogP contribution in [0.15, 0.2) is 42.1 Å². The van der Waals surface area contributed by atoms with E-state index in [0.29, 0.717) is 5.56 Å². The third-order valence-electron chi connectivity index (χ3n) is 2.21. The molecule has 0 aromatic carbocycles. The van der Waals surface area contributed by atoms with Crippen LogP contribution in [0.1, 0.15) is 12.0 Å². The summed E-state index contributed by atoms with van der Waals surface area (Å²) in [5.41, 5.74) is 0.713. The van der Waals surface area contributed by atoms with Crippen LogP contribution >= 0.6 is 0 Å². The number of allylic oxidation sites excluding steroid dienone is 2. The van der Waals surface area contributed by atoms with E-state index in [1.165, 1.54) is 18.5 Å². The Hall–Kier alpha value is -2.10. The number of ketones is 1. The number of hydrogen-bond donors (Lipinski definition) is 2. The molecule has 1 aromatic heterocycles. The maximum Gasteiger partial charge on any atom is 0.171 e. The zero-order valence-electron chi connectivity index (χ0n) is 7.84. The van der Waals surface area contributed by atoms with E-state index in [0.717, 1.165) is 0 Å². The van der Waals surface area contributed by atoms with Gasteiger partial charge in [-0.2, -0.15) is 0 Å². The fourth-order valence-electron chi connectivity index (χ4n) is 1.46. The van der Waals surface area contributed by atoms with Gasteiger partial charge in [-0.05, 0) is 23.8 Å². The van der Waals surface area contributed by atoms with E-state index in [1.54, 1.807) is 12.1 Å². The van der Waals surface area contributed by atoms with Crippen LogP contribution in [-0.2, 0) is 4.79 Å². The summed E-state index contributed by atoms with van der Waals surface area (Å²) in [5, 5.41) is 18.9. The van der Waals surface area contributed by atoms with Crippen LogP contribution in [0, 0.1) is 0 Å². The molecule has 15 heavy (non-hydrogen) atoms. The molecular weight excluding hydrogens is 194 g/mol. The Balaban J connectivity index is 2.56. The number of rotatable bonds is 1. The van der Waals surface area contributed by atoms with E-state index in [2.05, 4.69) is 4.98 Å². The van der Waals surface area contributed by atoms with Gasteiger partial charge < -0.3 is 10.2 Å². The van der Waals surface area contributed by atoms with Gasteiger partial charge >= 0.3 is 0 Å². The van der Waals surface area contributed by atoms with E-state index >= 15 is 0 Å². The molecule has 0 spiro atoms. The average molecular weight is 203 g/mol. The van der Waals surface area contributed by atoms with Gasteiger partial charge in [0.05, 0.1) is 5.57 Å². The minimum Gasteiger partial charge on any atom is -0.504 e. The molecule has 0 radical (unpaired) electrons. The number of nitrogens with zero attached hydrogens (tertiary/aromatic N) is 1.